The number of hydrogen-bond acceptors (Lipinski definition) is 3. The maximum Gasteiger partial charge on any atom is 0.302 e. The van der Waals surface area contributed by atoms with Crippen molar-refractivity contribution in [2.75, 3.05) is 7.05 Å². The SMILES string of the molecule is CCCCC(CC(=O)NC)OC(C)=O. The van der Waals surface area contributed by atoms with Gasteiger partial charge in [0.2, 0.25) is 5.91 Å². The quantitative estimate of drug-likeness (QED) is 0.658. The lowest BCUT2D eigenvalue weighted by Gasteiger charge is -2.15. The maximum atomic E-state index is 11.1. The average molecular weight is 201 g/mol. The van der Waals surface area contributed by atoms with Gasteiger partial charge in [0, 0.05) is 14.0 Å². The fourth-order valence-electron chi connectivity index (χ4n) is 1.18. The lowest BCUT2D eigenvalue weighted by atomic mass is 10.1. The molecule has 4 heteroatoms. The topological polar surface area (TPSA) is 55.4 Å². The maximum absolute atomic E-state index is 11.1. The van der Waals surface area contributed by atoms with Gasteiger partial charge in [-0.15, -0.1) is 0 Å². The number of esters is 1. The number of amides is 1. The Morgan fingerprint density at radius 2 is 2.07 bits per heavy atom. The highest BCUT2D eigenvalue weighted by molar-refractivity contribution is 5.76. The minimum Gasteiger partial charge on any atom is -0.462 e. The highest BCUT2D eigenvalue weighted by Gasteiger charge is 2.15. The average Bonchev–Trinajstić information content (AvgIpc) is 2.13. The molecule has 0 bridgehead atoms. The van der Waals surface area contributed by atoms with E-state index < -0.39 is 0 Å². The van der Waals surface area contributed by atoms with Crippen molar-refractivity contribution >= 4 is 11.9 Å². The number of ether oxygens (including phenoxy) is 1. The molecule has 0 aromatic rings. The molecule has 1 N–H and O–H groups in total. The van der Waals surface area contributed by atoms with E-state index in [-0.39, 0.29) is 24.4 Å². The Labute approximate surface area is 85.0 Å². The standard InChI is InChI=1S/C10H19NO3/c1-4-5-6-9(14-8(2)12)7-10(13)11-3/h9H,4-7H2,1-3H3,(H,11,13). The van der Waals surface area contributed by atoms with Gasteiger partial charge >= 0.3 is 5.97 Å². The summed E-state index contributed by atoms with van der Waals surface area (Å²) < 4.78 is 5.03. The Balaban J connectivity index is 3.96. The highest BCUT2D eigenvalue weighted by atomic mass is 16.5. The lowest BCUT2D eigenvalue weighted by Crippen LogP contribution is -2.27. The molecule has 0 aliphatic carbocycles. The molecule has 1 atom stereocenters. The lowest BCUT2D eigenvalue weighted by molar-refractivity contribution is -0.148. The van der Waals surface area contributed by atoms with Crippen LogP contribution in [0.4, 0.5) is 0 Å². The van der Waals surface area contributed by atoms with Crippen LogP contribution < -0.4 is 5.32 Å². The number of rotatable bonds is 6. The molecular weight excluding hydrogens is 182 g/mol. The molecule has 1 amide bonds. The molecule has 0 aliphatic heterocycles. The summed E-state index contributed by atoms with van der Waals surface area (Å²) in [6.07, 6.45) is 2.74. The van der Waals surface area contributed by atoms with Crippen molar-refractivity contribution in [2.45, 2.75) is 45.6 Å². The van der Waals surface area contributed by atoms with Gasteiger partial charge in [0.05, 0.1) is 6.42 Å². The van der Waals surface area contributed by atoms with E-state index >= 15 is 0 Å². The zero-order valence-electron chi connectivity index (χ0n) is 9.13. The first kappa shape index (κ1) is 12.9. The number of hydrogen-bond donors (Lipinski definition) is 1. The summed E-state index contributed by atoms with van der Waals surface area (Å²) in [5, 5.41) is 2.51. The minimum atomic E-state index is -0.324. The summed E-state index contributed by atoms with van der Waals surface area (Å²) in [6.45, 7) is 3.42. The Kier molecular flexibility index (Phi) is 6.80. The van der Waals surface area contributed by atoms with E-state index in [0.717, 1.165) is 19.3 Å². The second-order valence-electron chi connectivity index (χ2n) is 3.25. The second-order valence-corrected chi connectivity index (χ2v) is 3.25. The van der Waals surface area contributed by atoms with Crippen LogP contribution in [0.1, 0.15) is 39.5 Å². The number of nitrogens with one attached hydrogen (secondary N) is 1. The van der Waals surface area contributed by atoms with Crippen LogP contribution in [-0.2, 0) is 14.3 Å². The Morgan fingerprint density at radius 3 is 2.50 bits per heavy atom. The van der Waals surface area contributed by atoms with Gasteiger partial charge in [-0.25, -0.2) is 0 Å². The number of unbranched alkanes of at least 4 members (excludes halogenated alkanes) is 1. The Morgan fingerprint density at radius 1 is 1.43 bits per heavy atom. The van der Waals surface area contributed by atoms with E-state index in [1.807, 2.05) is 0 Å². The Bertz CT molecular complexity index is 192. The van der Waals surface area contributed by atoms with E-state index in [0.29, 0.717) is 0 Å². The number of carbonyl (C=O) groups is 2. The van der Waals surface area contributed by atoms with Gasteiger partial charge in [-0.2, -0.15) is 0 Å². The first-order valence-electron chi connectivity index (χ1n) is 4.98. The first-order valence-corrected chi connectivity index (χ1v) is 4.98. The van der Waals surface area contributed by atoms with Gasteiger partial charge in [0.15, 0.2) is 0 Å². The zero-order valence-corrected chi connectivity index (χ0v) is 9.13. The van der Waals surface area contributed by atoms with E-state index in [2.05, 4.69) is 12.2 Å². The van der Waals surface area contributed by atoms with Gasteiger partial charge in [0.1, 0.15) is 6.10 Å². The third-order valence-electron chi connectivity index (χ3n) is 1.90. The second kappa shape index (κ2) is 7.35. The van der Waals surface area contributed by atoms with Crippen LogP contribution in [0, 0.1) is 0 Å². The number of carbonyl (C=O) groups excluding carboxylic acids is 2. The Hall–Kier alpha value is -1.06. The smallest absolute Gasteiger partial charge is 0.302 e. The normalized spacial score (nSPS) is 11.9. The van der Waals surface area contributed by atoms with Crippen molar-refractivity contribution < 1.29 is 14.3 Å². The molecule has 0 rings (SSSR count). The van der Waals surface area contributed by atoms with Crippen molar-refractivity contribution in [3.63, 3.8) is 0 Å². The van der Waals surface area contributed by atoms with Crippen LogP contribution in [-0.4, -0.2) is 25.0 Å². The molecule has 0 aromatic carbocycles. The summed E-state index contributed by atoms with van der Waals surface area (Å²) in [6, 6.07) is 0. The molecule has 1 unspecified atom stereocenters. The van der Waals surface area contributed by atoms with Crippen LogP contribution in [0.2, 0.25) is 0 Å². The highest BCUT2D eigenvalue weighted by Crippen LogP contribution is 2.09. The fourth-order valence-corrected chi connectivity index (χ4v) is 1.18. The van der Waals surface area contributed by atoms with Crippen LogP contribution in [0.3, 0.4) is 0 Å². The molecule has 0 aromatic heterocycles. The third-order valence-corrected chi connectivity index (χ3v) is 1.90. The van der Waals surface area contributed by atoms with E-state index in [1.54, 1.807) is 7.05 Å². The molecule has 0 heterocycles. The molecular formula is C10H19NO3. The molecule has 0 saturated heterocycles. The van der Waals surface area contributed by atoms with Crippen LogP contribution in [0.15, 0.2) is 0 Å². The van der Waals surface area contributed by atoms with Gasteiger partial charge in [-0.05, 0) is 6.42 Å². The van der Waals surface area contributed by atoms with Gasteiger partial charge < -0.3 is 10.1 Å². The molecule has 0 saturated carbocycles. The van der Waals surface area contributed by atoms with E-state index in [1.165, 1.54) is 6.92 Å². The van der Waals surface area contributed by atoms with Crippen molar-refractivity contribution in [3.05, 3.63) is 0 Å². The predicted molar refractivity (Wildman–Crippen MR) is 53.8 cm³/mol. The van der Waals surface area contributed by atoms with Gasteiger partial charge in [-0.1, -0.05) is 19.8 Å². The van der Waals surface area contributed by atoms with Crippen molar-refractivity contribution in [1.82, 2.24) is 5.32 Å². The molecule has 0 aliphatic rings. The van der Waals surface area contributed by atoms with Gasteiger partial charge in [-0.3, -0.25) is 9.59 Å². The summed E-state index contributed by atoms with van der Waals surface area (Å²) in [4.78, 5) is 21.8. The summed E-state index contributed by atoms with van der Waals surface area (Å²) in [5.74, 6) is -0.414. The monoisotopic (exact) mass is 201 g/mol. The predicted octanol–water partition coefficient (Wildman–Crippen LogP) is 1.24. The fraction of sp³-hybridized carbons (Fsp3) is 0.800. The third kappa shape index (κ3) is 6.46. The van der Waals surface area contributed by atoms with Crippen molar-refractivity contribution in [2.24, 2.45) is 0 Å². The van der Waals surface area contributed by atoms with E-state index in [9.17, 15) is 9.59 Å². The molecule has 0 radical (unpaired) electrons. The van der Waals surface area contributed by atoms with Crippen molar-refractivity contribution in [1.29, 1.82) is 0 Å². The summed E-state index contributed by atoms with van der Waals surface area (Å²) in [7, 11) is 1.58. The van der Waals surface area contributed by atoms with E-state index in [4.69, 9.17) is 4.74 Å². The first-order chi connectivity index (χ1) is 6.60. The van der Waals surface area contributed by atoms with Crippen LogP contribution >= 0.6 is 0 Å². The summed E-state index contributed by atoms with van der Waals surface area (Å²) >= 11 is 0. The van der Waals surface area contributed by atoms with Crippen LogP contribution in [0.25, 0.3) is 0 Å². The van der Waals surface area contributed by atoms with Crippen molar-refractivity contribution in [3.8, 4) is 0 Å². The molecule has 0 fully saturated rings. The summed E-state index contributed by atoms with van der Waals surface area (Å²) in [5.41, 5.74) is 0. The van der Waals surface area contributed by atoms with Gasteiger partial charge in [0.25, 0.3) is 0 Å². The van der Waals surface area contributed by atoms with Crippen LogP contribution in [0.5, 0.6) is 0 Å². The molecule has 82 valence electrons. The zero-order chi connectivity index (χ0) is 11.0. The minimum absolute atomic E-state index is 0.0904. The molecule has 14 heavy (non-hydrogen) atoms. The molecule has 4 nitrogen and oxygen atoms in total. The largest absolute Gasteiger partial charge is 0.462 e. The molecule has 0 spiro atoms.